The molecule has 190 valence electrons. The quantitative estimate of drug-likeness (QED) is 0.505. The lowest BCUT2D eigenvalue weighted by molar-refractivity contribution is 0.0918. The molecule has 2 aliphatic heterocycles. The van der Waals surface area contributed by atoms with Gasteiger partial charge in [0.2, 0.25) is 0 Å². The van der Waals surface area contributed by atoms with Crippen LogP contribution in [-0.4, -0.2) is 54.4 Å². The van der Waals surface area contributed by atoms with E-state index in [1.54, 1.807) is 18.1 Å². The minimum atomic E-state index is -2.56. The maximum Gasteiger partial charge on any atom is 0.278 e. The average molecular weight is 514 g/mol. The van der Waals surface area contributed by atoms with Crippen molar-refractivity contribution in [3.8, 4) is 11.4 Å². The molecule has 2 aliphatic rings. The fourth-order valence-electron chi connectivity index (χ4n) is 4.93. The summed E-state index contributed by atoms with van der Waals surface area (Å²) in [6, 6.07) is 9.70. The molecule has 8 nitrogen and oxygen atoms in total. The first-order valence-electron chi connectivity index (χ1n) is 12.2. The summed E-state index contributed by atoms with van der Waals surface area (Å²) in [5, 5.41) is 11.7. The Hall–Kier alpha value is -3.21. The first kappa shape index (κ1) is 24.5. The van der Waals surface area contributed by atoms with Crippen molar-refractivity contribution in [1.29, 1.82) is 0 Å². The van der Waals surface area contributed by atoms with Crippen molar-refractivity contribution in [3.05, 3.63) is 64.2 Å². The second-order valence-electron chi connectivity index (χ2n) is 8.90. The van der Waals surface area contributed by atoms with E-state index in [1.165, 1.54) is 16.4 Å². The van der Waals surface area contributed by atoms with E-state index in [4.69, 9.17) is 4.98 Å². The Balaban J connectivity index is 1.34. The molecule has 0 fully saturated rings. The third-order valence-corrected chi connectivity index (χ3v) is 8.20. The van der Waals surface area contributed by atoms with Gasteiger partial charge in [0.1, 0.15) is 16.9 Å². The number of halogens is 2. The summed E-state index contributed by atoms with van der Waals surface area (Å²) < 4.78 is 31.2. The van der Waals surface area contributed by atoms with Gasteiger partial charge in [0.05, 0.1) is 11.9 Å². The molecule has 2 atom stereocenters. The summed E-state index contributed by atoms with van der Waals surface area (Å²) >= 11 is 1.39. The van der Waals surface area contributed by atoms with E-state index in [0.717, 1.165) is 17.8 Å². The predicted octanol–water partition coefficient (Wildman–Crippen LogP) is 4.38. The number of amides is 1. The second kappa shape index (κ2) is 10.0. The molecule has 5 rings (SSSR count). The Labute approximate surface area is 212 Å². The van der Waals surface area contributed by atoms with Crippen molar-refractivity contribution in [2.75, 3.05) is 6.54 Å². The van der Waals surface area contributed by atoms with Crippen LogP contribution in [0.1, 0.15) is 53.9 Å². The van der Waals surface area contributed by atoms with Crippen molar-refractivity contribution in [2.24, 2.45) is 7.05 Å². The van der Waals surface area contributed by atoms with Crippen LogP contribution in [0.25, 0.3) is 11.4 Å². The molecule has 1 aromatic carbocycles. The van der Waals surface area contributed by atoms with E-state index >= 15 is 0 Å². The van der Waals surface area contributed by atoms with Crippen molar-refractivity contribution < 1.29 is 13.6 Å². The number of hydrogen-bond acceptors (Lipinski definition) is 6. The molecule has 4 heterocycles. The zero-order valence-electron chi connectivity index (χ0n) is 20.5. The minimum absolute atomic E-state index is 0.0612. The molecule has 1 amide bonds. The molecule has 0 radical (unpaired) electrons. The van der Waals surface area contributed by atoms with Gasteiger partial charge in [-0.2, -0.15) is 10.2 Å². The molecular weight excluding hydrogens is 484 g/mol. The van der Waals surface area contributed by atoms with Gasteiger partial charge in [0, 0.05) is 48.6 Å². The number of allylic oxidation sites excluding steroid dienone is 2. The van der Waals surface area contributed by atoms with Gasteiger partial charge in [-0.1, -0.05) is 49.0 Å². The Morgan fingerprint density at radius 2 is 2.03 bits per heavy atom. The summed E-state index contributed by atoms with van der Waals surface area (Å²) in [5.74, 6) is 1.25. The van der Waals surface area contributed by atoms with E-state index in [0.29, 0.717) is 47.9 Å². The van der Waals surface area contributed by atoms with Crippen molar-refractivity contribution >= 4 is 17.7 Å². The van der Waals surface area contributed by atoms with E-state index < -0.39 is 11.8 Å². The lowest BCUT2D eigenvalue weighted by Crippen LogP contribution is -2.41. The number of fused-ring (bicyclic) bond motifs is 1. The predicted molar refractivity (Wildman–Crippen MR) is 134 cm³/mol. The van der Waals surface area contributed by atoms with Crippen molar-refractivity contribution in [2.45, 2.75) is 57.5 Å². The number of nitrogens with zero attached hydrogens (tertiary/aromatic N) is 6. The summed E-state index contributed by atoms with van der Waals surface area (Å²) in [4.78, 5) is 20.5. The molecular formula is C25H29F2N7OS. The van der Waals surface area contributed by atoms with Gasteiger partial charge in [-0.15, -0.1) is 0 Å². The highest BCUT2D eigenvalue weighted by molar-refractivity contribution is 8.03. The highest BCUT2D eigenvalue weighted by Crippen LogP contribution is 2.50. The molecule has 1 N–H and O–H groups in total. The Morgan fingerprint density at radius 1 is 1.25 bits per heavy atom. The highest BCUT2D eigenvalue weighted by atomic mass is 32.2. The first-order valence-corrected chi connectivity index (χ1v) is 13.1. The van der Waals surface area contributed by atoms with Gasteiger partial charge in [-0.3, -0.25) is 9.48 Å². The summed E-state index contributed by atoms with van der Waals surface area (Å²) in [6.45, 7) is 4.80. The van der Waals surface area contributed by atoms with Gasteiger partial charge >= 0.3 is 0 Å². The number of nitrogens with one attached hydrogen (secondary N) is 1. The number of benzene rings is 1. The van der Waals surface area contributed by atoms with Gasteiger partial charge in [-0.05, 0) is 19.8 Å². The highest BCUT2D eigenvalue weighted by Gasteiger charge is 2.39. The van der Waals surface area contributed by atoms with Gasteiger partial charge in [-0.25, -0.2) is 18.4 Å². The number of carbonyl (C=O) groups excluding carboxylic acids is 1. The van der Waals surface area contributed by atoms with Crippen LogP contribution >= 0.6 is 11.8 Å². The molecule has 2 aromatic heterocycles. The Kier molecular flexibility index (Phi) is 6.83. The molecule has 0 bridgehead atoms. The molecule has 0 saturated heterocycles. The van der Waals surface area contributed by atoms with Crippen LogP contribution < -0.4 is 5.32 Å². The molecule has 11 heteroatoms. The Morgan fingerprint density at radius 3 is 2.72 bits per heavy atom. The zero-order chi connectivity index (χ0) is 25.4. The van der Waals surface area contributed by atoms with E-state index in [2.05, 4.69) is 15.5 Å². The number of alkyl halides is 2. The summed E-state index contributed by atoms with van der Waals surface area (Å²) in [5.41, 5.74) is 2.06. The topological polar surface area (TPSA) is 80.9 Å². The normalized spacial score (nSPS) is 19.8. The van der Waals surface area contributed by atoms with Gasteiger partial charge in [0.15, 0.2) is 5.82 Å². The zero-order valence-corrected chi connectivity index (χ0v) is 21.3. The maximum absolute atomic E-state index is 13.9. The first-order chi connectivity index (χ1) is 17.4. The number of thioether (sulfide) groups is 1. The standard InChI is InChI=1S/C25H29F2N7OS/c1-4-18-21(22(26)27)33(5-2)25(36-18)17-14-28-32(3)20(17)24(35)29-16-11-12-34-19(13-16)30-23(31-34)15-9-7-6-8-10-15/h6-10,14,16,22,25H,4-5,11-13H2,1-3H3,(H,29,35). The lowest BCUT2D eigenvalue weighted by atomic mass is 10.1. The lowest BCUT2D eigenvalue weighted by Gasteiger charge is -2.28. The number of carbonyl (C=O) groups is 1. The monoisotopic (exact) mass is 513 g/mol. The molecule has 0 saturated carbocycles. The number of aryl methyl sites for hydroxylation is 2. The van der Waals surface area contributed by atoms with Crippen molar-refractivity contribution in [1.82, 2.24) is 34.8 Å². The maximum atomic E-state index is 13.9. The largest absolute Gasteiger partial charge is 0.353 e. The van der Waals surface area contributed by atoms with Crippen LogP contribution in [0.5, 0.6) is 0 Å². The van der Waals surface area contributed by atoms with Crippen molar-refractivity contribution in [3.63, 3.8) is 0 Å². The minimum Gasteiger partial charge on any atom is -0.353 e. The van der Waals surface area contributed by atoms with E-state index in [-0.39, 0.29) is 17.6 Å². The number of hydrogen-bond donors (Lipinski definition) is 1. The SMILES string of the molecule is CCC1=C(C(F)F)N(CC)C(c2cnn(C)c2C(=O)NC2CCn3nc(-c4ccccc4)nc3C2)S1. The van der Waals surface area contributed by atoms with E-state index in [1.807, 2.05) is 48.9 Å². The van der Waals surface area contributed by atoms with Crippen LogP contribution in [0.3, 0.4) is 0 Å². The average Bonchev–Trinajstić information content (AvgIpc) is 3.58. The molecule has 36 heavy (non-hydrogen) atoms. The van der Waals surface area contributed by atoms with Crippen LogP contribution in [0.2, 0.25) is 0 Å². The Bertz CT molecular complexity index is 1290. The van der Waals surface area contributed by atoms with Crippen LogP contribution in [0.4, 0.5) is 8.78 Å². The molecule has 0 spiro atoms. The third kappa shape index (κ3) is 4.40. The number of rotatable bonds is 7. The smallest absolute Gasteiger partial charge is 0.278 e. The van der Waals surface area contributed by atoms with Crippen LogP contribution in [0.15, 0.2) is 47.1 Å². The molecule has 2 unspecified atom stereocenters. The van der Waals surface area contributed by atoms with Crippen LogP contribution in [0, 0.1) is 0 Å². The van der Waals surface area contributed by atoms with E-state index in [9.17, 15) is 13.6 Å². The molecule has 3 aromatic rings. The fourth-order valence-corrected chi connectivity index (χ4v) is 6.38. The van der Waals surface area contributed by atoms with Gasteiger partial charge in [0.25, 0.3) is 12.3 Å². The number of aromatic nitrogens is 5. The summed E-state index contributed by atoms with van der Waals surface area (Å²) in [6.07, 6.45) is 0.870. The summed E-state index contributed by atoms with van der Waals surface area (Å²) in [7, 11) is 1.71. The fraction of sp³-hybridized carbons (Fsp3) is 0.440. The van der Waals surface area contributed by atoms with Crippen LogP contribution in [-0.2, 0) is 20.0 Å². The molecule has 0 aliphatic carbocycles. The van der Waals surface area contributed by atoms with Gasteiger partial charge < -0.3 is 10.2 Å². The third-order valence-electron chi connectivity index (χ3n) is 6.68. The second-order valence-corrected chi connectivity index (χ2v) is 10.1.